The zero-order valence-electron chi connectivity index (χ0n) is 14.3. The summed E-state index contributed by atoms with van der Waals surface area (Å²) in [5.41, 5.74) is 4.81. The Morgan fingerprint density at radius 2 is 1.88 bits per heavy atom. The Balaban J connectivity index is 1.66. The van der Waals surface area contributed by atoms with Crippen LogP contribution in [0.5, 0.6) is 0 Å². The van der Waals surface area contributed by atoms with E-state index >= 15 is 0 Å². The summed E-state index contributed by atoms with van der Waals surface area (Å²) in [5, 5.41) is 3.11. The van der Waals surface area contributed by atoms with Crippen LogP contribution in [0.1, 0.15) is 6.42 Å². The molecule has 128 valence electrons. The Labute approximate surface area is 146 Å². The van der Waals surface area contributed by atoms with Crippen molar-refractivity contribution in [1.82, 2.24) is 15.0 Å². The number of rotatable bonds is 3. The van der Waals surface area contributed by atoms with Crippen molar-refractivity contribution in [3.05, 3.63) is 42.7 Å². The first-order valence-corrected chi connectivity index (χ1v) is 8.58. The molecule has 1 saturated heterocycles. The van der Waals surface area contributed by atoms with Gasteiger partial charge < -0.3 is 15.0 Å². The Bertz CT molecular complexity index is 857. The minimum atomic E-state index is 0.745. The Morgan fingerprint density at radius 1 is 1.04 bits per heavy atom. The predicted octanol–water partition coefficient (Wildman–Crippen LogP) is 2.96. The minimum Gasteiger partial charge on any atom is -0.380 e. The van der Waals surface area contributed by atoms with Gasteiger partial charge in [0.05, 0.1) is 17.8 Å². The maximum Gasteiger partial charge on any atom is 0.154 e. The highest BCUT2D eigenvalue weighted by molar-refractivity contribution is 5.88. The van der Waals surface area contributed by atoms with Crippen molar-refractivity contribution in [1.29, 1.82) is 0 Å². The molecule has 0 aliphatic carbocycles. The van der Waals surface area contributed by atoms with E-state index in [4.69, 9.17) is 9.72 Å². The summed E-state index contributed by atoms with van der Waals surface area (Å²) in [5.74, 6) is 0.745. The summed E-state index contributed by atoms with van der Waals surface area (Å²) in [7, 11) is 1.85. The van der Waals surface area contributed by atoms with E-state index in [1.165, 1.54) is 5.69 Å². The van der Waals surface area contributed by atoms with E-state index in [1.54, 1.807) is 12.4 Å². The number of aromatic nitrogens is 3. The highest BCUT2D eigenvalue weighted by atomic mass is 16.5. The van der Waals surface area contributed by atoms with Crippen molar-refractivity contribution in [3.8, 4) is 11.3 Å². The number of pyridine rings is 1. The van der Waals surface area contributed by atoms with E-state index in [9.17, 15) is 0 Å². The smallest absolute Gasteiger partial charge is 0.154 e. The van der Waals surface area contributed by atoms with Gasteiger partial charge in [-0.2, -0.15) is 0 Å². The average molecular weight is 335 g/mol. The summed E-state index contributed by atoms with van der Waals surface area (Å²) in [6.45, 7) is 3.61. The SMILES string of the molecule is CNc1nc(-c2ccc(N3CCCOCC3)cc2)cc2nccnc12. The van der Waals surface area contributed by atoms with Gasteiger partial charge in [0.2, 0.25) is 0 Å². The molecular formula is C19H21N5O. The molecule has 25 heavy (non-hydrogen) atoms. The molecule has 6 heteroatoms. The van der Waals surface area contributed by atoms with Crippen molar-refractivity contribution in [2.75, 3.05) is 43.6 Å². The van der Waals surface area contributed by atoms with E-state index in [-0.39, 0.29) is 0 Å². The van der Waals surface area contributed by atoms with Crippen molar-refractivity contribution < 1.29 is 4.74 Å². The molecule has 0 radical (unpaired) electrons. The third-order valence-corrected chi connectivity index (χ3v) is 4.44. The Kier molecular flexibility index (Phi) is 4.43. The van der Waals surface area contributed by atoms with Gasteiger partial charge in [-0.3, -0.25) is 4.98 Å². The number of anilines is 2. The highest BCUT2D eigenvalue weighted by Crippen LogP contribution is 2.27. The van der Waals surface area contributed by atoms with Gasteiger partial charge in [-0.05, 0) is 24.6 Å². The molecule has 1 aromatic carbocycles. The van der Waals surface area contributed by atoms with Gasteiger partial charge in [0, 0.05) is 50.4 Å². The summed E-state index contributed by atoms with van der Waals surface area (Å²) < 4.78 is 5.53. The van der Waals surface area contributed by atoms with Crippen LogP contribution in [-0.4, -0.2) is 48.3 Å². The Hall–Kier alpha value is -2.73. The fourth-order valence-corrected chi connectivity index (χ4v) is 3.14. The van der Waals surface area contributed by atoms with E-state index in [1.807, 2.05) is 13.1 Å². The Morgan fingerprint density at radius 3 is 2.72 bits per heavy atom. The number of hydrogen-bond acceptors (Lipinski definition) is 6. The molecule has 4 rings (SSSR count). The second-order valence-corrected chi connectivity index (χ2v) is 6.03. The molecule has 0 bridgehead atoms. The van der Waals surface area contributed by atoms with Crippen LogP contribution < -0.4 is 10.2 Å². The monoisotopic (exact) mass is 335 g/mol. The molecule has 3 heterocycles. The van der Waals surface area contributed by atoms with Crippen LogP contribution in [0.4, 0.5) is 11.5 Å². The van der Waals surface area contributed by atoms with Crippen LogP contribution in [0.2, 0.25) is 0 Å². The topological polar surface area (TPSA) is 63.2 Å². The van der Waals surface area contributed by atoms with Crippen molar-refractivity contribution in [2.24, 2.45) is 0 Å². The summed E-state index contributed by atoms with van der Waals surface area (Å²) in [6.07, 6.45) is 4.46. The van der Waals surface area contributed by atoms with Crippen LogP contribution in [0.3, 0.4) is 0 Å². The lowest BCUT2D eigenvalue weighted by atomic mass is 10.1. The van der Waals surface area contributed by atoms with Gasteiger partial charge >= 0.3 is 0 Å². The number of hydrogen-bond donors (Lipinski definition) is 1. The van der Waals surface area contributed by atoms with Crippen molar-refractivity contribution in [3.63, 3.8) is 0 Å². The maximum absolute atomic E-state index is 5.53. The molecule has 0 spiro atoms. The fraction of sp³-hybridized carbons (Fsp3) is 0.316. The zero-order valence-corrected chi connectivity index (χ0v) is 14.3. The first-order valence-electron chi connectivity index (χ1n) is 8.58. The maximum atomic E-state index is 5.53. The molecule has 2 aromatic heterocycles. The molecule has 1 fully saturated rings. The normalized spacial score (nSPS) is 15.2. The van der Waals surface area contributed by atoms with Gasteiger partial charge in [-0.25, -0.2) is 9.97 Å². The van der Waals surface area contributed by atoms with Crippen molar-refractivity contribution in [2.45, 2.75) is 6.42 Å². The van der Waals surface area contributed by atoms with E-state index < -0.39 is 0 Å². The molecule has 1 aliphatic rings. The lowest BCUT2D eigenvalue weighted by Crippen LogP contribution is -2.25. The predicted molar refractivity (Wildman–Crippen MR) is 100.0 cm³/mol. The molecular weight excluding hydrogens is 314 g/mol. The summed E-state index contributed by atoms with van der Waals surface area (Å²) >= 11 is 0. The first-order chi connectivity index (χ1) is 12.3. The highest BCUT2D eigenvalue weighted by Gasteiger charge is 2.12. The van der Waals surface area contributed by atoms with E-state index in [2.05, 4.69) is 44.5 Å². The quantitative estimate of drug-likeness (QED) is 0.794. The van der Waals surface area contributed by atoms with Gasteiger partial charge in [-0.1, -0.05) is 12.1 Å². The van der Waals surface area contributed by atoms with Crippen LogP contribution in [0.15, 0.2) is 42.7 Å². The molecule has 0 amide bonds. The first kappa shape index (κ1) is 15.8. The third-order valence-electron chi connectivity index (χ3n) is 4.44. The molecule has 0 saturated carbocycles. The number of benzene rings is 1. The lowest BCUT2D eigenvalue weighted by Gasteiger charge is -2.22. The van der Waals surface area contributed by atoms with Crippen LogP contribution >= 0.6 is 0 Å². The fourth-order valence-electron chi connectivity index (χ4n) is 3.14. The second kappa shape index (κ2) is 7.03. The van der Waals surface area contributed by atoms with Crippen molar-refractivity contribution >= 4 is 22.5 Å². The molecule has 0 atom stereocenters. The summed E-state index contributed by atoms with van der Waals surface area (Å²) in [6, 6.07) is 10.5. The molecule has 1 N–H and O–H groups in total. The summed E-state index contributed by atoms with van der Waals surface area (Å²) in [4.78, 5) is 15.8. The third kappa shape index (κ3) is 3.25. The number of fused-ring (bicyclic) bond motifs is 1. The molecule has 0 unspecified atom stereocenters. The largest absolute Gasteiger partial charge is 0.380 e. The standard InChI is InChI=1S/C19H21N5O/c1-20-19-18-17(21-7-8-22-18)13-16(23-19)14-3-5-15(6-4-14)24-9-2-11-25-12-10-24/h3-8,13H,2,9-12H2,1H3,(H,20,23). The van der Waals surface area contributed by atoms with Crippen LogP contribution in [0, 0.1) is 0 Å². The average Bonchev–Trinajstić information content (AvgIpc) is 2.97. The number of nitrogens with one attached hydrogen (secondary N) is 1. The van der Waals surface area contributed by atoms with Gasteiger partial charge in [-0.15, -0.1) is 0 Å². The minimum absolute atomic E-state index is 0.745. The molecule has 3 aromatic rings. The second-order valence-electron chi connectivity index (χ2n) is 6.03. The van der Waals surface area contributed by atoms with Crippen LogP contribution in [-0.2, 0) is 4.74 Å². The van der Waals surface area contributed by atoms with E-state index in [0.29, 0.717) is 0 Å². The molecule has 1 aliphatic heterocycles. The van der Waals surface area contributed by atoms with E-state index in [0.717, 1.165) is 60.8 Å². The van der Waals surface area contributed by atoms with Crippen LogP contribution in [0.25, 0.3) is 22.3 Å². The van der Waals surface area contributed by atoms with Gasteiger partial charge in [0.15, 0.2) is 5.82 Å². The zero-order chi connectivity index (χ0) is 17.1. The van der Waals surface area contributed by atoms with Gasteiger partial charge in [0.1, 0.15) is 5.52 Å². The molecule has 6 nitrogen and oxygen atoms in total. The number of ether oxygens (including phenoxy) is 1. The lowest BCUT2D eigenvalue weighted by molar-refractivity contribution is 0.152. The number of nitrogens with zero attached hydrogens (tertiary/aromatic N) is 4. The van der Waals surface area contributed by atoms with Gasteiger partial charge in [0.25, 0.3) is 0 Å².